The molecule has 2 heterocycles. The number of nitrogens with zero attached hydrogens (tertiary/aromatic N) is 2. The molecular formula is C42H72N2O2S. The molecule has 5 heteroatoms. The molecule has 2 aliphatic heterocycles. The Hall–Kier alpha value is -1.33. The predicted molar refractivity (Wildman–Crippen MR) is 202 cm³/mol. The van der Waals surface area contributed by atoms with Crippen LogP contribution in [0.3, 0.4) is 0 Å². The van der Waals surface area contributed by atoms with Crippen molar-refractivity contribution in [3.05, 3.63) is 30.3 Å². The van der Waals surface area contributed by atoms with Gasteiger partial charge in [0.25, 0.3) is 0 Å². The third-order valence-corrected chi connectivity index (χ3v) is 12.5. The molecule has 0 bridgehead atoms. The van der Waals surface area contributed by atoms with Crippen LogP contribution in [0.4, 0.5) is 0 Å². The molecule has 2 unspecified atom stereocenters. The highest BCUT2D eigenvalue weighted by molar-refractivity contribution is 7.97. The monoisotopic (exact) mass is 669 g/mol. The van der Waals surface area contributed by atoms with Gasteiger partial charge in [0.2, 0.25) is 11.8 Å². The van der Waals surface area contributed by atoms with Crippen LogP contribution in [0.5, 0.6) is 0 Å². The van der Waals surface area contributed by atoms with Crippen LogP contribution in [-0.4, -0.2) is 38.1 Å². The van der Waals surface area contributed by atoms with Gasteiger partial charge in [-0.15, -0.1) is 0 Å². The summed E-state index contributed by atoms with van der Waals surface area (Å²) in [5.41, 5.74) is -0.295. The zero-order valence-corrected chi connectivity index (χ0v) is 32.3. The summed E-state index contributed by atoms with van der Waals surface area (Å²) in [7, 11) is 0. The average molecular weight is 669 g/mol. The van der Waals surface area contributed by atoms with Crippen LogP contribution < -0.4 is 0 Å². The summed E-state index contributed by atoms with van der Waals surface area (Å²) >= 11 is 1.80. The molecule has 0 radical (unpaired) electrons. The Balaban J connectivity index is 1.25. The van der Waals surface area contributed by atoms with Gasteiger partial charge in [-0.1, -0.05) is 154 Å². The molecule has 1 aromatic carbocycles. The minimum absolute atomic E-state index is 0.0252. The Kier molecular flexibility index (Phi) is 17.9. The molecule has 268 valence electrons. The molecule has 2 amide bonds. The van der Waals surface area contributed by atoms with Crippen molar-refractivity contribution in [3.8, 4) is 0 Å². The standard InChI is InChI=1S/C42H72N2O2S/c1-7-8-9-10-11-12-13-14-15-16-17-18-19-20-21-22-23-25-28-35(2)31-36-32-39(45)43(40(36)46)37-33-41(3,4)44(42(5,6)34-37)47-38-29-26-24-27-30-38/h24,26-27,29-30,35-37H,7-23,25,28,31-34H2,1-6H3. The number of carbonyl (C=O) groups excluding carboxylic acids is 2. The minimum atomic E-state index is -0.147. The fraction of sp³-hybridized carbons (Fsp3) is 0.810. The molecule has 1 aromatic rings. The normalized spacial score (nSPS) is 20.7. The Morgan fingerprint density at radius 3 is 1.62 bits per heavy atom. The van der Waals surface area contributed by atoms with E-state index in [0.29, 0.717) is 12.3 Å². The van der Waals surface area contributed by atoms with Crippen molar-refractivity contribution in [1.29, 1.82) is 0 Å². The number of hydrogen-bond donors (Lipinski definition) is 0. The number of likely N-dealkylation sites (tertiary alicyclic amines) is 1. The summed E-state index contributed by atoms with van der Waals surface area (Å²) in [4.78, 5) is 29.9. The second-order valence-corrected chi connectivity index (χ2v) is 17.5. The molecule has 2 saturated heterocycles. The van der Waals surface area contributed by atoms with Crippen molar-refractivity contribution < 1.29 is 9.59 Å². The number of unbranched alkanes of at least 4 members (excludes halogenated alkanes) is 17. The highest BCUT2D eigenvalue weighted by Gasteiger charge is 2.52. The van der Waals surface area contributed by atoms with Gasteiger partial charge in [-0.05, 0) is 77.0 Å². The summed E-state index contributed by atoms with van der Waals surface area (Å²) in [6.07, 6.45) is 29.3. The van der Waals surface area contributed by atoms with Crippen molar-refractivity contribution in [1.82, 2.24) is 9.21 Å². The second-order valence-electron chi connectivity index (χ2n) is 16.5. The molecule has 2 fully saturated rings. The number of amides is 2. The first kappa shape index (κ1) is 40.1. The van der Waals surface area contributed by atoms with Crippen LogP contribution in [0.2, 0.25) is 0 Å². The van der Waals surface area contributed by atoms with E-state index in [-0.39, 0.29) is 34.9 Å². The van der Waals surface area contributed by atoms with Gasteiger partial charge in [-0.2, -0.15) is 0 Å². The van der Waals surface area contributed by atoms with Crippen molar-refractivity contribution in [2.45, 2.75) is 211 Å². The Morgan fingerprint density at radius 2 is 1.15 bits per heavy atom. The maximum absolute atomic E-state index is 13.7. The van der Waals surface area contributed by atoms with Gasteiger partial charge in [0.15, 0.2) is 0 Å². The van der Waals surface area contributed by atoms with E-state index in [1.54, 1.807) is 16.8 Å². The minimum Gasteiger partial charge on any atom is -0.279 e. The van der Waals surface area contributed by atoms with Gasteiger partial charge in [-0.25, -0.2) is 4.31 Å². The van der Waals surface area contributed by atoms with Gasteiger partial charge in [0.1, 0.15) is 0 Å². The van der Waals surface area contributed by atoms with E-state index in [1.807, 2.05) is 0 Å². The first-order valence-electron chi connectivity index (χ1n) is 19.9. The van der Waals surface area contributed by atoms with E-state index < -0.39 is 0 Å². The largest absolute Gasteiger partial charge is 0.279 e. The molecule has 47 heavy (non-hydrogen) atoms. The lowest BCUT2D eigenvalue weighted by Gasteiger charge is -2.55. The number of rotatable bonds is 24. The van der Waals surface area contributed by atoms with Crippen LogP contribution in [0.1, 0.15) is 189 Å². The molecule has 4 nitrogen and oxygen atoms in total. The second kappa shape index (κ2) is 21.0. The van der Waals surface area contributed by atoms with Gasteiger partial charge in [0.05, 0.1) is 0 Å². The molecule has 0 aliphatic carbocycles. The van der Waals surface area contributed by atoms with E-state index >= 15 is 0 Å². The van der Waals surface area contributed by atoms with Gasteiger partial charge < -0.3 is 0 Å². The third-order valence-electron chi connectivity index (χ3n) is 10.9. The van der Waals surface area contributed by atoms with Crippen molar-refractivity contribution in [2.24, 2.45) is 11.8 Å². The van der Waals surface area contributed by atoms with E-state index in [2.05, 4.69) is 76.2 Å². The molecule has 2 aliphatic rings. The van der Waals surface area contributed by atoms with Crippen molar-refractivity contribution in [3.63, 3.8) is 0 Å². The third kappa shape index (κ3) is 13.8. The fourth-order valence-corrected chi connectivity index (χ4v) is 9.64. The van der Waals surface area contributed by atoms with Crippen LogP contribution in [0, 0.1) is 11.8 Å². The lowest BCUT2D eigenvalue weighted by atomic mass is 9.79. The Bertz CT molecular complexity index is 1010. The maximum atomic E-state index is 13.7. The predicted octanol–water partition coefficient (Wildman–Crippen LogP) is 12.5. The number of hydrogen-bond acceptors (Lipinski definition) is 4. The zero-order chi connectivity index (χ0) is 34.1. The first-order chi connectivity index (χ1) is 22.5. The summed E-state index contributed by atoms with van der Waals surface area (Å²) < 4.78 is 2.50. The molecule has 0 aromatic heterocycles. The highest BCUT2D eigenvalue weighted by Crippen LogP contribution is 2.47. The van der Waals surface area contributed by atoms with Gasteiger partial charge in [0, 0.05) is 34.4 Å². The lowest BCUT2D eigenvalue weighted by molar-refractivity contribution is -0.145. The highest BCUT2D eigenvalue weighted by atomic mass is 32.2. The van der Waals surface area contributed by atoms with Crippen LogP contribution in [0.25, 0.3) is 0 Å². The molecule has 0 spiro atoms. The maximum Gasteiger partial charge on any atom is 0.233 e. The fourth-order valence-electron chi connectivity index (χ4n) is 8.51. The van der Waals surface area contributed by atoms with Crippen LogP contribution in [0.15, 0.2) is 35.2 Å². The van der Waals surface area contributed by atoms with Crippen molar-refractivity contribution >= 4 is 23.8 Å². The van der Waals surface area contributed by atoms with E-state index in [1.165, 1.54) is 127 Å². The quantitative estimate of drug-likeness (QED) is 0.0624. The summed E-state index contributed by atoms with van der Waals surface area (Å²) in [5.74, 6) is 0.521. The summed E-state index contributed by atoms with van der Waals surface area (Å²) in [5, 5.41) is 0. The number of piperidine rings is 1. The lowest BCUT2D eigenvalue weighted by Crippen LogP contribution is -2.62. The van der Waals surface area contributed by atoms with E-state index in [9.17, 15) is 9.59 Å². The molecule has 2 atom stereocenters. The Labute approximate surface area is 295 Å². The van der Waals surface area contributed by atoms with Crippen molar-refractivity contribution in [2.75, 3.05) is 0 Å². The zero-order valence-electron chi connectivity index (χ0n) is 31.5. The van der Waals surface area contributed by atoms with Crippen LogP contribution >= 0.6 is 11.9 Å². The SMILES string of the molecule is CCCCCCCCCCCCCCCCCCCCC(C)CC1CC(=O)N(C2CC(C)(C)N(Sc3ccccc3)C(C)(C)C2)C1=O. The molecule has 0 N–H and O–H groups in total. The Morgan fingerprint density at radius 1 is 0.702 bits per heavy atom. The van der Waals surface area contributed by atoms with E-state index in [4.69, 9.17) is 0 Å². The first-order valence-corrected chi connectivity index (χ1v) is 20.7. The topological polar surface area (TPSA) is 40.6 Å². The molecule has 0 saturated carbocycles. The van der Waals surface area contributed by atoms with E-state index in [0.717, 1.165) is 19.3 Å². The summed E-state index contributed by atoms with van der Waals surface area (Å²) in [6.45, 7) is 13.6. The molecular weight excluding hydrogens is 597 g/mol. The molecule has 3 rings (SSSR count). The number of imide groups is 1. The van der Waals surface area contributed by atoms with Gasteiger partial charge in [-0.3, -0.25) is 14.5 Å². The van der Waals surface area contributed by atoms with Gasteiger partial charge >= 0.3 is 0 Å². The smallest absolute Gasteiger partial charge is 0.233 e. The van der Waals surface area contributed by atoms with Crippen LogP contribution in [-0.2, 0) is 9.59 Å². The summed E-state index contributed by atoms with van der Waals surface area (Å²) in [6, 6.07) is 10.5. The average Bonchev–Trinajstić information content (AvgIpc) is 3.30. The number of carbonyl (C=O) groups is 2. The number of benzene rings is 1.